The van der Waals surface area contributed by atoms with Crippen LogP contribution in [0.4, 0.5) is 0 Å². The van der Waals surface area contributed by atoms with Crippen LogP contribution in [0.5, 0.6) is 0 Å². The van der Waals surface area contributed by atoms with Crippen molar-refractivity contribution >= 4 is 5.91 Å². The van der Waals surface area contributed by atoms with Gasteiger partial charge in [0.05, 0.1) is 0 Å². The zero-order valence-electron chi connectivity index (χ0n) is 12.5. The van der Waals surface area contributed by atoms with Crippen molar-refractivity contribution in [2.45, 2.75) is 74.4 Å². The molecule has 0 aliphatic carbocycles. The van der Waals surface area contributed by atoms with Gasteiger partial charge in [-0.3, -0.25) is 4.79 Å². The Labute approximate surface area is 101 Å². The van der Waals surface area contributed by atoms with E-state index in [4.69, 9.17) is 0 Å². The first-order chi connectivity index (χ1) is 6.93. The molecule has 0 rings (SSSR count). The van der Waals surface area contributed by atoms with E-state index in [1.807, 2.05) is 18.7 Å². The van der Waals surface area contributed by atoms with Crippen molar-refractivity contribution in [1.29, 1.82) is 0 Å². The largest absolute Gasteiger partial charge is 0.337 e. The van der Waals surface area contributed by atoms with Crippen LogP contribution in [-0.2, 0) is 4.79 Å². The van der Waals surface area contributed by atoms with E-state index < -0.39 is 0 Å². The topological polar surface area (TPSA) is 20.3 Å². The molecule has 16 heavy (non-hydrogen) atoms. The van der Waals surface area contributed by atoms with Gasteiger partial charge in [-0.05, 0) is 33.1 Å². The molecule has 0 aliphatic rings. The number of rotatable bonds is 3. The summed E-state index contributed by atoms with van der Waals surface area (Å²) in [6.07, 6.45) is 0. The van der Waals surface area contributed by atoms with Crippen molar-refractivity contribution in [1.82, 2.24) is 4.90 Å². The molecule has 0 atom stereocenters. The van der Waals surface area contributed by atoms with Gasteiger partial charge in [0.25, 0.3) is 0 Å². The fourth-order valence-corrected chi connectivity index (χ4v) is 1.71. The predicted octanol–water partition coefficient (Wildman–Crippen LogP) is 3.70. The second-order valence-electron chi connectivity index (χ2n) is 6.77. The monoisotopic (exact) mass is 227 g/mol. The SMILES string of the molecule is CC(C)N(C(=O)C(C)(C)C(C)(C)C)C(C)C. The molecular formula is C14H29NO. The first-order valence-electron chi connectivity index (χ1n) is 6.25. The fourth-order valence-electron chi connectivity index (χ4n) is 1.71. The normalized spacial score (nSPS) is 13.4. The lowest BCUT2D eigenvalue weighted by Crippen LogP contribution is -2.52. The summed E-state index contributed by atoms with van der Waals surface area (Å²) in [5, 5.41) is 0. The molecule has 0 saturated heterocycles. The maximum Gasteiger partial charge on any atom is 0.229 e. The molecule has 0 aromatic heterocycles. The van der Waals surface area contributed by atoms with Crippen LogP contribution >= 0.6 is 0 Å². The quantitative estimate of drug-likeness (QED) is 0.720. The Kier molecular flexibility index (Phi) is 4.61. The van der Waals surface area contributed by atoms with E-state index in [1.165, 1.54) is 0 Å². The number of carbonyl (C=O) groups excluding carboxylic acids is 1. The highest BCUT2D eigenvalue weighted by Crippen LogP contribution is 2.40. The smallest absolute Gasteiger partial charge is 0.229 e. The second kappa shape index (κ2) is 4.77. The average molecular weight is 227 g/mol. The van der Waals surface area contributed by atoms with Crippen LogP contribution in [0.25, 0.3) is 0 Å². The third-order valence-corrected chi connectivity index (χ3v) is 3.76. The van der Waals surface area contributed by atoms with Crippen LogP contribution in [0.15, 0.2) is 0 Å². The molecule has 2 nitrogen and oxygen atoms in total. The lowest BCUT2D eigenvalue weighted by molar-refractivity contribution is -0.150. The number of hydrogen-bond acceptors (Lipinski definition) is 1. The van der Waals surface area contributed by atoms with Crippen molar-refractivity contribution in [2.75, 3.05) is 0 Å². The Morgan fingerprint density at radius 3 is 1.38 bits per heavy atom. The van der Waals surface area contributed by atoms with Gasteiger partial charge in [0.15, 0.2) is 0 Å². The van der Waals surface area contributed by atoms with Gasteiger partial charge in [-0.1, -0.05) is 34.6 Å². The van der Waals surface area contributed by atoms with Crippen molar-refractivity contribution in [2.24, 2.45) is 10.8 Å². The molecule has 0 spiro atoms. The van der Waals surface area contributed by atoms with E-state index in [9.17, 15) is 4.79 Å². The molecule has 1 amide bonds. The summed E-state index contributed by atoms with van der Waals surface area (Å²) in [5.41, 5.74) is -0.354. The van der Waals surface area contributed by atoms with Gasteiger partial charge in [-0.15, -0.1) is 0 Å². The summed E-state index contributed by atoms with van der Waals surface area (Å²) >= 11 is 0. The Morgan fingerprint density at radius 1 is 0.875 bits per heavy atom. The zero-order chi connectivity index (χ0) is 13.3. The van der Waals surface area contributed by atoms with Gasteiger partial charge >= 0.3 is 0 Å². The summed E-state index contributed by atoms with van der Waals surface area (Å²) in [7, 11) is 0. The minimum Gasteiger partial charge on any atom is -0.337 e. The lowest BCUT2D eigenvalue weighted by atomic mass is 9.68. The summed E-state index contributed by atoms with van der Waals surface area (Å²) < 4.78 is 0. The standard InChI is InChI=1S/C14H29NO/c1-10(2)15(11(3)4)12(16)14(8,9)13(5,6)7/h10-11H,1-9H3. The van der Waals surface area contributed by atoms with Crippen molar-refractivity contribution < 1.29 is 4.79 Å². The highest BCUT2D eigenvalue weighted by Gasteiger charge is 2.43. The van der Waals surface area contributed by atoms with Crippen LogP contribution in [0.1, 0.15) is 62.3 Å². The average Bonchev–Trinajstić information content (AvgIpc) is 1.99. The zero-order valence-corrected chi connectivity index (χ0v) is 12.5. The fraction of sp³-hybridized carbons (Fsp3) is 0.929. The Morgan fingerprint density at radius 2 is 1.19 bits per heavy atom. The minimum atomic E-state index is -0.332. The molecule has 0 aromatic carbocycles. The van der Waals surface area contributed by atoms with Crippen molar-refractivity contribution in [3.8, 4) is 0 Å². The highest BCUT2D eigenvalue weighted by atomic mass is 16.2. The summed E-state index contributed by atoms with van der Waals surface area (Å²) in [5.74, 6) is 0.255. The van der Waals surface area contributed by atoms with Gasteiger partial charge in [-0.25, -0.2) is 0 Å². The molecule has 0 radical (unpaired) electrons. The number of amides is 1. The molecule has 0 N–H and O–H groups in total. The maximum absolute atomic E-state index is 12.6. The first-order valence-corrected chi connectivity index (χ1v) is 6.25. The molecule has 0 bridgehead atoms. The van der Waals surface area contributed by atoms with Crippen LogP contribution in [0, 0.1) is 10.8 Å². The maximum atomic E-state index is 12.6. The van der Waals surface area contributed by atoms with E-state index in [2.05, 4.69) is 48.5 Å². The second-order valence-corrected chi connectivity index (χ2v) is 6.77. The molecular weight excluding hydrogens is 198 g/mol. The van der Waals surface area contributed by atoms with Gasteiger partial charge in [0.1, 0.15) is 0 Å². The van der Waals surface area contributed by atoms with Gasteiger partial charge in [0, 0.05) is 17.5 Å². The van der Waals surface area contributed by atoms with Crippen LogP contribution in [0.2, 0.25) is 0 Å². The molecule has 0 unspecified atom stereocenters. The van der Waals surface area contributed by atoms with E-state index >= 15 is 0 Å². The third-order valence-electron chi connectivity index (χ3n) is 3.76. The van der Waals surface area contributed by atoms with Crippen LogP contribution in [0.3, 0.4) is 0 Å². The molecule has 0 fully saturated rings. The van der Waals surface area contributed by atoms with E-state index in [1.54, 1.807) is 0 Å². The Balaban J connectivity index is 5.17. The molecule has 0 aliphatic heterocycles. The van der Waals surface area contributed by atoms with Crippen molar-refractivity contribution in [3.05, 3.63) is 0 Å². The van der Waals surface area contributed by atoms with E-state index in [0.717, 1.165) is 0 Å². The molecule has 96 valence electrons. The number of nitrogens with zero attached hydrogens (tertiary/aromatic N) is 1. The number of carbonyl (C=O) groups is 1. The third kappa shape index (κ3) is 2.99. The predicted molar refractivity (Wildman–Crippen MR) is 70.4 cm³/mol. The summed E-state index contributed by atoms with van der Waals surface area (Å²) in [6, 6.07) is 0.517. The Hall–Kier alpha value is -0.530. The van der Waals surface area contributed by atoms with Crippen LogP contribution in [-0.4, -0.2) is 22.9 Å². The van der Waals surface area contributed by atoms with Gasteiger partial charge in [0.2, 0.25) is 5.91 Å². The van der Waals surface area contributed by atoms with Gasteiger partial charge in [-0.2, -0.15) is 0 Å². The van der Waals surface area contributed by atoms with Gasteiger partial charge < -0.3 is 4.90 Å². The van der Waals surface area contributed by atoms with E-state index in [0.29, 0.717) is 0 Å². The Bertz CT molecular complexity index is 238. The van der Waals surface area contributed by atoms with Crippen molar-refractivity contribution in [3.63, 3.8) is 0 Å². The highest BCUT2D eigenvalue weighted by molar-refractivity contribution is 5.83. The molecule has 0 saturated carbocycles. The molecule has 2 heteroatoms. The minimum absolute atomic E-state index is 0.0217. The van der Waals surface area contributed by atoms with E-state index in [-0.39, 0.29) is 28.8 Å². The van der Waals surface area contributed by atoms with Crippen LogP contribution < -0.4 is 0 Å². The molecule has 0 aromatic rings. The summed E-state index contributed by atoms with van der Waals surface area (Å²) in [4.78, 5) is 14.6. The first kappa shape index (κ1) is 15.5. The molecule has 0 heterocycles. The summed E-state index contributed by atoms with van der Waals surface area (Å²) in [6.45, 7) is 18.8. The lowest BCUT2D eigenvalue weighted by Gasteiger charge is -2.44. The number of hydrogen-bond donors (Lipinski definition) is 0.